The quantitative estimate of drug-likeness (QED) is 0.733. The molecule has 0 saturated heterocycles. The van der Waals surface area contributed by atoms with Crippen LogP contribution in [0, 0.1) is 6.92 Å². The lowest BCUT2D eigenvalue weighted by atomic mass is 10.0. The van der Waals surface area contributed by atoms with Crippen LogP contribution in [0.2, 0.25) is 0 Å². The van der Waals surface area contributed by atoms with E-state index in [1.807, 2.05) is 6.92 Å². The highest BCUT2D eigenvalue weighted by atomic mass is 16.5. The molecular formula is C10H18N4O2. The van der Waals surface area contributed by atoms with Crippen LogP contribution in [0.25, 0.3) is 0 Å². The van der Waals surface area contributed by atoms with E-state index in [9.17, 15) is 4.79 Å². The van der Waals surface area contributed by atoms with E-state index in [1.165, 1.54) is 0 Å². The summed E-state index contributed by atoms with van der Waals surface area (Å²) >= 11 is 0. The molecule has 0 saturated carbocycles. The van der Waals surface area contributed by atoms with Crippen molar-refractivity contribution >= 4 is 5.91 Å². The van der Waals surface area contributed by atoms with Gasteiger partial charge in [-0.15, -0.1) is 0 Å². The Kier molecular flexibility index (Phi) is 3.89. The summed E-state index contributed by atoms with van der Waals surface area (Å²) in [6.07, 6.45) is 0.222. The lowest BCUT2D eigenvalue weighted by molar-refractivity contribution is -0.118. The van der Waals surface area contributed by atoms with E-state index in [-0.39, 0.29) is 18.4 Å². The number of hydrogen-bond acceptors (Lipinski definition) is 4. The largest absolute Gasteiger partial charge is 0.481 e. The molecule has 0 radical (unpaired) electrons. The van der Waals surface area contributed by atoms with Crippen LogP contribution in [0.4, 0.5) is 0 Å². The number of nitrogens with one attached hydrogen (secondary N) is 1. The number of nitrogens with zero attached hydrogens (tertiary/aromatic N) is 2. The molecule has 0 aliphatic heterocycles. The average molecular weight is 226 g/mol. The third-order valence-corrected chi connectivity index (χ3v) is 2.51. The standard InChI is InChI=1S/C10H18N4O2/c1-6-9(7(12-2)5-8(11)15)10(16-4)14(3)13-6/h7,12H,5H2,1-4H3,(H2,11,15). The second-order valence-electron chi connectivity index (χ2n) is 3.64. The van der Waals surface area contributed by atoms with Crippen LogP contribution in [0.3, 0.4) is 0 Å². The van der Waals surface area contributed by atoms with Crippen molar-refractivity contribution in [3.8, 4) is 5.88 Å². The molecule has 16 heavy (non-hydrogen) atoms. The molecule has 3 N–H and O–H groups in total. The fraction of sp³-hybridized carbons (Fsp3) is 0.600. The van der Waals surface area contributed by atoms with Crippen LogP contribution < -0.4 is 15.8 Å². The zero-order chi connectivity index (χ0) is 12.3. The summed E-state index contributed by atoms with van der Waals surface area (Å²) in [5.41, 5.74) is 6.92. The number of carbonyl (C=O) groups excluding carboxylic acids is 1. The maximum Gasteiger partial charge on any atom is 0.219 e. The number of carbonyl (C=O) groups is 1. The zero-order valence-electron chi connectivity index (χ0n) is 10.1. The number of aromatic nitrogens is 2. The average Bonchev–Trinajstić information content (AvgIpc) is 2.49. The molecule has 0 aliphatic carbocycles. The third-order valence-electron chi connectivity index (χ3n) is 2.51. The van der Waals surface area contributed by atoms with Gasteiger partial charge in [-0.1, -0.05) is 0 Å². The lowest BCUT2D eigenvalue weighted by Gasteiger charge is -2.15. The van der Waals surface area contributed by atoms with E-state index in [1.54, 1.807) is 25.9 Å². The Morgan fingerprint density at radius 1 is 1.69 bits per heavy atom. The molecule has 0 fully saturated rings. The molecule has 0 aliphatic rings. The topological polar surface area (TPSA) is 82.2 Å². The van der Waals surface area contributed by atoms with Gasteiger partial charge in [0, 0.05) is 19.5 Å². The molecule has 1 atom stereocenters. The van der Waals surface area contributed by atoms with Crippen molar-refractivity contribution in [3.05, 3.63) is 11.3 Å². The van der Waals surface area contributed by atoms with Crippen LogP contribution in [0.1, 0.15) is 23.7 Å². The Bertz CT molecular complexity index is 386. The number of aryl methyl sites for hydroxylation is 2. The van der Waals surface area contributed by atoms with Crippen molar-refractivity contribution in [2.75, 3.05) is 14.2 Å². The van der Waals surface area contributed by atoms with Crippen LogP contribution in [-0.4, -0.2) is 29.8 Å². The summed E-state index contributed by atoms with van der Waals surface area (Å²) in [5, 5.41) is 7.30. The summed E-state index contributed by atoms with van der Waals surface area (Å²) in [6.45, 7) is 1.88. The molecule has 0 spiro atoms. The first-order chi connectivity index (χ1) is 7.51. The second kappa shape index (κ2) is 4.98. The summed E-state index contributed by atoms with van der Waals surface area (Å²) in [5.74, 6) is 0.294. The highest BCUT2D eigenvalue weighted by Crippen LogP contribution is 2.29. The number of nitrogens with two attached hydrogens (primary N) is 1. The SMILES string of the molecule is CNC(CC(N)=O)c1c(C)nn(C)c1OC. The molecule has 6 nitrogen and oxygen atoms in total. The van der Waals surface area contributed by atoms with Gasteiger partial charge in [-0.2, -0.15) is 5.10 Å². The fourth-order valence-corrected chi connectivity index (χ4v) is 1.85. The van der Waals surface area contributed by atoms with Crippen LogP contribution >= 0.6 is 0 Å². The maximum absolute atomic E-state index is 11.0. The molecule has 90 valence electrons. The minimum atomic E-state index is -0.357. The number of primary amides is 1. The Morgan fingerprint density at radius 2 is 2.31 bits per heavy atom. The molecule has 1 amide bonds. The third kappa shape index (κ3) is 2.33. The summed E-state index contributed by atoms with van der Waals surface area (Å²) < 4.78 is 6.92. The van der Waals surface area contributed by atoms with E-state index in [0.717, 1.165) is 11.3 Å². The number of hydrogen-bond donors (Lipinski definition) is 2. The fourth-order valence-electron chi connectivity index (χ4n) is 1.85. The first kappa shape index (κ1) is 12.5. The maximum atomic E-state index is 11.0. The molecule has 1 rings (SSSR count). The van der Waals surface area contributed by atoms with Crippen LogP contribution in [0.15, 0.2) is 0 Å². The van der Waals surface area contributed by atoms with Gasteiger partial charge in [-0.3, -0.25) is 4.79 Å². The number of ether oxygens (including phenoxy) is 1. The van der Waals surface area contributed by atoms with Gasteiger partial charge in [0.2, 0.25) is 11.8 Å². The van der Waals surface area contributed by atoms with Gasteiger partial charge in [0.15, 0.2) is 0 Å². The van der Waals surface area contributed by atoms with Gasteiger partial charge >= 0.3 is 0 Å². The highest BCUT2D eigenvalue weighted by molar-refractivity contribution is 5.74. The summed E-state index contributed by atoms with van der Waals surface area (Å²) in [4.78, 5) is 11.0. The van der Waals surface area contributed by atoms with E-state index < -0.39 is 0 Å². The van der Waals surface area contributed by atoms with Crippen molar-refractivity contribution in [2.24, 2.45) is 12.8 Å². The van der Waals surface area contributed by atoms with Crippen molar-refractivity contribution in [3.63, 3.8) is 0 Å². The smallest absolute Gasteiger partial charge is 0.219 e. The van der Waals surface area contributed by atoms with Gasteiger partial charge in [-0.05, 0) is 14.0 Å². The Morgan fingerprint density at radius 3 is 2.75 bits per heavy atom. The number of rotatable bonds is 5. The Labute approximate surface area is 94.8 Å². The van der Waals surface area contributed by atoms with Crippen LogP contribution in [0.5, 0.6) is 5.88 Å². The van der Waals surface area contributed by atoms with E-state index in [4.69, 9.17) is 10.5 Å². The van der Waals surface area contributed by atoms with Gasteiger partial charge in [0.05, 0.1) is 18.4 Å². The van der Waals surface area contributed by atoms with E-state index in [0.29, 0.717) is 5.88 Å². The highest BCUT2D eigenvalue weighted by Gasteiger charge is 2.23. The monoisotopic (exact) mass is 226 g/mol. The molecule has 1 aromatic heterocycles. The summed E-state index contributed by atoms with van der Waals surface area (Å²) in [7, 11) is 5.16. The first-order valence-electron chi connectivity index (χ1n) is 5.04. The van der Waals surface area contributed by atoms with Gasteiger partial charge < -0.3 is 15.8 Å². The Balaban J connectivity index is 3.12. The van der Waals surface area contributed by atoms with Crippen molar-refractivity contribution in [1.82, 2.24) is 15.1 Å². The number of amides is 1. The van der Waals surface area contributed by atoms with E-state index >= 15 is 0 Å². The molecule has 0 bridgehead atoms. The van der Waals surface area contributed by atoms with Crippen molar-refractivity contribution in [1.29, 1.82) is 0 Å². The molecule has 6 heteroatoms. The van der Waals surface area contributed by atoms with Gasteiger partial charge in [0.1, 0.15) is 0 Å². The van der Waals surface area contributed by atoms with Crippen LogP contribution in [-0.2, 0) is 11.8 Å². The van der Waals surface area contributed by atoms with Crippen molar-refractivity contribution < 1.29 is 9.53 Å². The summed E-state index contributed by atoms with van der Waals surface area (Å²) in [6, 6.07) is -0.166. The lowest BCUT2D eigenvalue weighted by Crippen LogP contribution is -2.24. The molecular weight excluding hydrogens is 208 g/mol. The second-order valence-corrected chi connectivity index (χ2v) is 3.64. The van der Waals surface area contributed by atoms with Gasteiger partial charge in [-0.25, -0.2) is 4.68 Å². The molecule has 0 aromatic carbocycles. The minimum absolute atomic E-state index is 0.166. The van der Waals surface area contributed by atoms with Gasteiger partial charge in [0.25, 0.3) is 0 Å². The Hall–Kier alpha value is -1.56. The molecule has 1 aromatic rings. The predicted octanol–water partition coefficient (Wildman–Crippen LogP) is -0.127. The molecule has 1 heterocycles. The molecule has 1 unspecified atom stereocenters. The van der Waals surface area contributed by atoms with Crippen molar-refractivity contribution in [2.45, 2.75) is 19.4 Å². The first-order valence-corrected chi connectivity index (χ1v) is 5.04. The number of methoxy groups -OCH3 is 1. The normalized spacial score (nSPS) is 12.5. The minimum Gasteiger partial charge on any atom is -0.481 e. The van der Waals surface area contributed by atoms with E-state index in [2.05, 4.69) is 10.4 Å². The predicted molar refractivity (Wildman–Crippen MR) is 60.1 cm³/mol. The zero-order valence-corrected chi connectivity index (χ0v) is 10.1.